The van der Waals surface area contributed by atoms with Gasteiger partial charge in [0.1, 0.15) is 11.5 Å². The van der Waals surface area contributed by atoms with Crippen molar-refractivity contribution in [2.24, 2.45) is 0 Å². The van der Waals surface area contributed by atoms with E-state index in [2.05, 4.69) is 29.7 Å². The van der Waals surface area contributed by atoms with Gasteiger partial charge >= 0.3 is 0 Å². The van der Waals surface area contributed by atoms with Crippen molar-refractivity contribution in [1.82, 2.24) is 29.3 Å². The van der Waals surface area contributed by atoms with Crippen LogP contribution in [0.25, 0.3) is 5.65 Å². The molecule has 0 radical (unpaired) electrons. The van der Waals surface area contributed by atoms with Gasteiger partial charge < -0.3 is 9.80 Å². The minimum atomic E-state index is -0.0972. The Kier molecular flexibility index (Phi) is 7.08. The average Bonchev–Trinajstić information content (AvgIpc) is 3.59. The van der Waals surface area contributed by atoms with Crippen LogP contribution in [0.4, 0.5) is 5.82 Å². The van der Waals surface area contributed by atoms with Gasteiger partial charge in [0.05, 0.1) is 23.0 Å². The molecule has 3 aromatic heterocycles. The van der Waals surface area contributed by atoms with Crippen LogP contribution in [-0.2, 0) is 0 Å². The second-order valence-electron chi connectivity index (χ2n) is 9.20. The highest BCUT2D eigenvalue weighted by Gasteiger charge is 2.34. The van der Waals surface area contributed by atoms with Crippen molar-refractivity contribution in [1.29, 1.82) is 5.26 Å². The summed E-state index contributed by atoms with van der Waals surface area (Å²) in [6, 6.07) is 1.99. The van der Waals surface area contributed by atoms with Crippen LogP contribution in [0.5, 0.6) is 0 Å². The van der Waals surface area contributed by atoms with E-state index >= 15 is 0 Å². The summed E-state index contributed by atoms with van der Waals surface area (Å²) >= 11 is 6.39. The number of rotatable bonds is 4. The summed E-state index contributed by atoms with van der Waals surface area (Å²) in [5.74, 6) is 0.968. The van der Waals surface area contributed by atoms with Crippen LogP contribution in [0.15, 0.2) is 18.5 Å². The Morgan fingerprint density at radius 2 is 1.88 bits per heavy atom. The fraction of sp³-hybridized carbons (Fsp3) is 0.542. The van der Waals surface area contributed by atoms with Gasteiger partial charge in [0.15, 0.2) is 5.65 Å². The third-order valence-electron chi connectivity index (χ3n) is 6.58. The van der Waals surface area contributed by atoms with Crippen LogP contribution in [0.1, 0.15) is 79.8 Å². The lowest BCUT2D eigenvalue weighted by molar-refractivity contribution is 0.0591. The Bertz CT molecular complexity index is 1190. The molecule has 0 aromatic carbocycles. The first-order chi connectivity index (χ1) is 16.4. The summed E-state index contributed by atoms with van der Waals surface area (Å²) < 4.78 is 3.57. The fourth-order valence-electron chi connectivity index (χ4n) is 4.98. The summed E-state index contributed by atoms with van der Waals surface area (Å²) in [4.78, 5) is 22.8. The van der Waals surface area contributed by atoms with Gasteiger partial charge in [-0.25, -0.2) is 14.8 Å². The molecule has 10 heteroatoms. The van der Waals surface area contributed by atoms with E-state index in [0.717, 1.165) is 55.1 Å². The molecule has 180 valence electrons. The maximum atomic E-state index is 13.6. The van der Waals surface area contributed by atoms with Crippen molar-refractivity contribution < 1.29 is 4.79 Å². The van der Waals surface area contributed by atoms with Crippen LogP contribution in [0.2, 0.25) is 5.02 Å². The number of amides is 1. The topological polar surface area (TPSA) is 95.3 Å². The van der Waals surface area contributed by atoms with Gasteiger partial charge in [-0.05, 0) is 52.9 Å². The summed E-state index contributed by atoms with van der Waals surface area (Å²) in [6.07, 6.45) is 8.95. The number of likely N-dealkylation sites (tertiary alicyclic amines) is 1. The van der Waals surface area contributed by atoms with Crippen molar-refractivity contribution in [2.45, 2.75) is 65.0 Å². The van der Waals surface area contributed by atoms with Gasteiger partial charge in [-0.2, -0.15) is 10.2 Å². The second kappa shape index (κ2) is 10.0. The largest absolute Gasteiger partial charge is 0.356 e. The maximum absolute atomic E-state index is 13.6. The standard InChI is InChI=1S/C23H30ClN7O.CHN/c1-15(2)31-21(17(24)13-25-31)23(32)29-11-5-4-8-19(29)18-12-20-26-22(28-9-6-7-10-28)16(3)14-30(20)27-18;1-2/h12-15,19H,4-11H2,1-3H3;1H. The van der Waals surface area contributed by atoms with Crippen molar-refractivity contribution in [2.75, 3.05) is 24.5 Å². The average molecular weight is 483 g/mol. The van der Waals surface area contributed by atoms with Crippen molar-refractivity contribution in [3.63, 3.8) is 0 Å². The molecule has 3 aromatic rings. The summed E-state index contributed by atoms with van der Waals surface area (Å²) in [5.41, 5.74) is 3.30. The predicted molar refractivity (Wildman–Crippen MR) is 131 cm³/mol. The van der Waals surface area contributed by atoms with E-state index in [-0.39, 0.29) is 18.0 Å². The zero-order valence-electron chi connectivity index (χ0n) is 20.0. The molecule has 1 atom stereocenters. The molecule has 2 aliphatic heterocycles. The van der Waals surface area contributed by atoms with E-state index in [1.807, 2.05) is 29.3 Å². The monoisotopic (exact) mass is 482 g/mol. The number of anilines is 1. The molecule has 1 amide bonds. The molecule has 0 bridgehead atoms. The number of aromatic nitrogens is 5. The highest BCUT2D eigenvalue weighted by molar-refractivity contribution is 6.33. The van der Waals surface area contributed by atoms with Crippen LogP contribution in [-0.4, -0.2) is 54.8 Å². The second-order valence-corrected chi connectivity index (χ2v) is 9.61. The van der Waals surface area contributed by atoms with Crippen molar-refractivity contribution >= 4 is 29.0 Å². The highest BCUT2D eigenvalue weighted by Crippen LogP contribution is 2.34. The third-order valence-corrected chi connectivity index (χ3v) is 6.85. The fourth-order valence-corrected chi connectivity index (χ4v) is 5.19. The van der Waals surface area contributed by atoms with E-state index in [4.69, 9.17) is 26.9 Å². The summed E-state index contributed by atoms with van der Waals surface area (Å²) in [5, 5.41) is 16.1. The molecule has 5 rings (SSSR count). The number of halogens is 1. The minimum absolute atomic E-state index is 0.0519. The van der Waals surface area contributed by atoms with E-state index in [9.17, 15) is 4.79 Å². The van der Waals surface area contributed by atoms with Crippen molar-refractivity contribution in [3.8, 4) is 6.57 Å². The number of carbonyl (C=O) groups excluding carboxylic acids is 1. The first-order valence-corrected chi connectivity index (χ1v) is 12.2. The lowest BCUT2D eigenvalue weighted by Crippen LogP contribution is -2.40. The SMILES string of the molecule is C#N.Cc1cn2nc(C3CCCCN3C(=O)c3c(Cl)cnn3C(C)C)cc2nc1N1CCCC1. The van der Waals surface area contributed by atoms with Crippen molar-refractivity contribution in [3.05, 3.63) is 40.4 Å². The molecule has 9 nitrogen and oxygen atoms in total. The smallest absolute Gasteiger partial charge is 0.274 e. The zero-order valence-corrected chi connectivity index (χ0v) is 20.7. The molecule has 1 unspecified atom stereocenters. The molecule has 0 N–H and O–H groups in total. The van der Waals surface area contributed by atoms with Gasteiger partial charge in [0.2, 0.25) is 0 Å². The van der Waals surface area contributed by atoms with E-state index < -0.39 is 0 Å². The Balaban J connectivity index is 0.00000133. The van der Waals surface area contributed by atoms with Gasteiger partial charge in [0, 0.05) is 50.1 Å². The molecule has 0 saturated carbocycles. The summed E-state index contributed by atoms with van der Waals surface area (Å²) in [6.45, 7) is 12.4. The number of piperidine rings is 1. The molecule has 2 saturated heterocycles. The molecule has 0 aliphatic carbocycles. The van der Waals surface area contributed by atoms with E-state index in [0.29, 0.717) is 17.3 Å². The lowest BCUT2D eigenvalue weighted by Gasteiger charge is -2.35. The Hall–Kier alpha value is -3.12. The Labute approximate surface area is 204 Å². The van der Waals surface area contributed by atoms with Crippen LogP contribution >= 0.6 is 11.6 Å². The Morgan fingerprint density at radius 1 is 1.18 bits per heavy atom. The third kappa shape index (κ3) is 4.34. The molecule has 34 heavy (non-hydrogen) atoms. The molecule has 0 spiro atoms. The Morgan fingerprint density at radius 3 is 2.59 bits per heavy atom. The van der Waals surface area contributed by atoms with Crippen LogP contribution in [0.3, 0.4) is 0 Å². The summed E-state index contributed by atoms with van der Waals surface area (Å²) in [7, 11) is 0. The first kappa shape index (κ1) is 24.0. The number of carbonyl (C=O) groups is 1. The van der Waals surface area contributed by atoms with Gasteiger partial charge in [-0.15, -0.1) is 0 Å². The quantitative estimate of drug-likeness (QED) is 0.540. The minimum Gasteiger partial charge on any atom is -0.356 e. The number of hydrogen-bond donors (Lipinski definition) is 0. The number of aryl methyl sites for hydroxylation is 1. The number of nitrogens with zero attached hydrogens (tertiary/aromatic N) is 8. The number of nitriles is 1. The van der Waals surface area contributed by atoms with Gasteiger partial charge in [-0.1, -0.05) is 11.6 Å². The maximum Gasteiger partial charge on any atom is 0.274 e. The zero-order chi connectivity index (χ0) is 24.4. The number of hydrogen-bond acceptors (Lipinski definition) is 6. The van der Waals surface area contributed by atoms with Gasteiger partial charge in [0.25, 0.3) is 5.91 Å². The van der Waals surface area contributed by atoms with E-state index in [1.54, 1.807) is 10.9 Å². The predicted octanol–water partition coefficient (Wildman–Crippen LogP) is 4.58. The molecular formula is C24H31ClN8O. The normalized spacial score (nSPS) is 18.4. The molecule has 2 fully saturated rings. The molecule has 5 heterocycles. The molecular weight excluding hydrogens is 452 g/mol. The number of fused-ring (bicyclic) bond motifs is 1. The van der Waals surface area contributed by atoms with Gasteiger partial charge in [-0.3, -0.25) is 9.48 Å². The lowest BCUT2D eigenvalue weighted by atomic mass is 9.99. The van der Waals surface area contributed by atoms with Crippen LogP contribution < -0.4 is 4.90 Å². The highest BCUT2D eigenvalue weighted by atomic mass is 35.5. The first-order valence-electron chi connectivity index (χ1n) is 11.9. The van der Waals surface area contributed by atoms with Crippen LogP contribution in [0, 0.1) is 18.8 Å². The molecule has 2 aliphatic rings. The van der Waals surface area contributed by atoms with E-state index in [1.165, 1.54) is 12.8 Å².